The van der Waals surface area contributed by atoms with Gasteiger partial charge in [0.25, 0.3) is 6.47 Å². The average molecular weight is 927 g/mol. The van der Waals surface area contributed by atoms with Gasteiger partial charge in [-0.15, -0.1) is 0 Å². The molecule has 2 unspecified atom stereocenters. The van der Waals surface area contributed by atoms with Gasteiger partial charge in [0.2, 0.25) is 0 Å². The van der Waals surface area contributed by atoms with E-state index in [-0.39, 0.29) is 5.56 Å². The van der Waals surface area contributed by atoms with Crippen molar-refractivity contribution in [3.63, 3.8) is 0 Å². The molecule has 4 aromatic carbocycles. The highest BCUT2D eigenvalue weighted by Gasteiger charge is 2.20. The van der Waals surface area contributed by atoms with E-state index in [1.54, 1.807) is 24.3 Å². The van der Waals surface area contributed by atoms with Gasteiger partial charge < -0.3 is 19.8 Å². The predicted molar refractivity (Wildman–Crippen MR) is 288 cm³/mol. The predicted octanol–water partition coefficient (Wildman–Crippen LogP) is 16.1. The fourth-order valence-electron chi connectivity index (χ4n) is 10.1. The normalized spacial score (nSPS) is 12.8. The van der Waals surface area contributed by atoms with Gasteiger partial charge in [-0.1, -0.05) is 152 Å². The molecule has 2 atom stereocenters. The Labute approximate surface area is 411 Å². The van der Waals surface area contributed by atoms with Crippen LogP contribution in [0.5, 0.6) is 5.75 Å². The largest absolute Gasteiger partial charge is 0.478 e. The summed E-state index contributed by atoms with van der Waals surface area (Å²) in [5.41, 5.74) is 16.9. The molecule has 2 aliphatic heterocycles. The highest BCUT2D eigenvalue weighted by atomic mass is 16.5. The summed E-state index contributed by atoms with van der Waals surface area (Å²) in [6.45, 7) is 9.55. The van der Waals surface area contributed by atoms with Crippen LogP contribution in [0.25, 0.3) is 90.9 Å². The average Bonchev–Trinajstić information content (AvgIpc) is 4.24. The van der Waals surface area contributed by atoms with Gasteiger partial charge in [0.1, 0.15) is 5.75 Å². The van der Waals surface area contributed by atoms with Gasteiger partial charge >= 0.3 is 5.97 Å². The maximum atomic E-state index is 12.0. The molecule has 3 N–H and O–H groups in total. The van der Waals surface area contributed by atoms with E-state index in [0.717, 1.165) is 115 Å². The Morgan fingerprint density at radius 1 is 0.514 bits per heavy atom. The SMILES string of the molecule is CCCCC(CC)Cc1ccc(-c2c3nc(c(-c4ccc(C(=O)O)cc4)c4ccc([nH]4)c(-c4ccc(CC(CC)CCCC)cc4)c4nc(c(-c5ccc(OC=O)cc5)c5ccc2[nH]5)C=C4)C=C3)cc1. The molecule has 8 bridgehead atoms. The van der Waals surface area contributed by atoms with E-state index in [0.29, 0.717) is 24.1 Å². The second kappa shape index (κ2) is 21.8. The number of rotatable bonds is 19. The highest BCUT2D eigenvalue weighted by Crippen LogP contribution is 2.39. The summed E-state index contributed by atoms with van der Waals surface area (Å²) in [7, 11) is 0. The van der Waals surface area contributed by atoms with Crippen LogP contribution in [0.15, 0.2) is 121 Å². The Hall–Kier alpha value is -7.58. The molecule has 0 aliphatic carbocycles. The van der Waals surface area contributed by atoms with Crippen molar-refractivity contribution in [1.82, 2.24) is 19.9 Å². The molecular formula is C62H62N4O4. The van der Waals surface area contributed by atoms with E-state index < -0.39 is 5.97 Å². The van der Waals surface area contributed by atoms with E-state index in [4.69, 9.17) is 14.7 Å². The summed E-state index contributed by atoms with van der Waals surface area (Å²) in [6, 6.07) is 40.9. The minimum atomic E-state index is -0.977. The number of aromatic carboxylic acids is 1. The van der Waals surface area contributed by atoms with E-state index >= 15 is 0 Å². The van der Waals surface area contributed by atoms with Crippen LogP contribution in [0.4, 0.5) is 0 Å². The Bertz CT molecular complexity index is 3150. The van der Waals surface area contributed by atoms with Crippen LogP contribution in [0.2, 0.25) is 0 Å². The van der Waals surface area contributed by atoms with Crippen molar-refractivity contribution in [2.75, 3.05) is 0 Å². The van der Waals surface area contributed by atoms with Crippen molar-refractivity contribution in [2.24, 2.45) is 11.8 Å². The third-order valence-electron chi connectivity index (χ3n) is 14.1. The lowest BCUT2D eigenvalue weighted by Crippen LogP contribution is -2.03. The van der Waals surface area contributed by atoms with Gasteiger partial charge in [0, 0.05) is 44.3 Å². The number of hydrogen-bond acceptors (Lipinski definition) is 5. The van der Waals surface area contributed by atoms with Gasteiger partial charge in [-0.2, -0.15) is 0 Å². The lowest BCUT2D eigenvalue weighted by molar-refractivity contribution is -0.120. The number of aromatic nitrogens is 4. The maximum Gasteiger partial charge on any atom is 0.335 e. The Morgan fingerprint density at radius 3 is 1.17 bits per heavy atom. The molecule has 8 heteroatoms. The van der Waals surface area contributed by atoms with E-state index in [1.807, 2.05) is 24.3 Å². The summed E-state index contributed by atoms with van der Waals surface area (Å²) in [6.07, 6.45) is 20.0. The molecule has 0 spiro atoms. The molecule has 5 heterocycles. The molecule has 3 aromatic heterocycles. The third-order valence-corrected chi connectivity index (χ3v) is 14.1. The lowest BCUT2D eigenvalue weighted by Gasteiger charge is -2.15. The number of fused-ring (bicyclic) bond motifs is 8. The van der Waals surface area contributed by atoms with Crippen molar-refractivity contribution in [3.05, 3.63) is 161 Å². The molecule has 354 valence electrons. The van der Waals surface area contributed by atoms with Gasteiger partial charge in [-0.05, 0) is 131 Å². The molecule has 7 aromatic rings. The van der Waals surface area contributed by atoms with Crippen molar-refractivity contribution in [2.45, 2.75) is 91.9 Å². The van der Waals surface area contributed by atoms with Crippen molar-refractivity contribution in [3.8, 4) is 50.3 Å². The molecule has 0 saturated heterocycles. The standard InChI is InChI=1S/C62H62N4O4/c1-5-9-11-40(7-3)37-42-13-17-44(18-14-42)58-50-29-33-54(63-50)60(46-21-23-48(24-22-46)62(68)69)55-34-30-51(64-55)59(45-19-15-43(16-20-45)38-41(8-4)12-10-6-2)53-32-36-57(66-53)61(56-35-31-52(58)65-56)47-25-27-49(28-26-47)70-39-67/h13-36,39-41,63,66H,5-12,37-38H2,1-4H3,(H,68,69). The minimum Gasteiger partial charge on any atom is -0.478 e. The van der Waals surface area contributed by atoms with Crippen LogP contribution in [0.3, 0.4) is 0 Å². The van der Waals surface area contributed by atoms with Crippen LogP contribution in [-0.4, -0.2) is 37.5 Å². The first kappa shape index (κ1) is 47.5. The number of unbranched alkanes of at least 4 members (excludes halogenated alkanes) is 2. The van der Waals surface area contributed by atoms with Crippen molar-refractivity contribution < 1.29 is 19.4 Å². The van der Waals surface area contributed by atoms with Crippen LogP contribution in [0, 0.1) is 11.8 Å². The summed E-state index contributed by atoms with van der Waals surface area (Å²) < 4.78 is 5.22. The quantitative estimate of drug-likeness (QED) is 0.0695. The van der Waals surface area contributed by atoms with Gasteiger partial charge in [0.05, 0.1) is 28.3 Å². The number of nitrogens with zero attached hydrogens (tertiary/aromatic N) is 2. The fraction of sp³-hybridized carbons (Fsp3) is 0.258. The molecular weight excluding hydrogens is 865 g/mol. The molecule has 9 rings (SSSR count). The van der Waals surface area contributed by atoms with Gasteiger partial charge in [-0.3, -0.25) is 4.79 Å². The molecule has 0 saturated carbocycles. The Morgan fingerprint density at radius 2 is 0.857 bits per heavy atom. The Kier molecular flexibility index (Phi) is 14.8. The zero-order valence-electron chi connectivity index (χ0n) is 40.7. The first-order valence-corrected chi connectivity index (χ1v) is 25.2. The smallest absolute Gasteiger partial charge is 0.335 e. The van der Waals surface area contributed by atoms with E-state index in [9.17, 15) is 14.7 Å². The second-order valence-corrected chi connectivity index (χ2v) is 18.8. The zero-order chi connectivity index (χ0) is 48.6. The van der Waals surface area contributed by atoms with Crippen molar-refractivity contribution in [1.29, 1.82) is 0 Å². The minimum absolute atomic E-state index is 0.215. The fourth-order valence-corrected chi connectivity index (χ4v) is 10.1. The van der Waals surface area contributed by atoms with Crippen LogP contribution >= 0.6 is 0 Å². The van der Waals surface area contributed by atoms with E-state index in [1.165, 1.54) is 49.7 Å². The molecule has 70 heavy (non-hydrogen) atoms. The molecule has 2 aliphatic rings. The number of aromatic amines is 2. The van der Waals surface area contributed by atoms with Crippen LogP contribution in [-0.2, 0) is 17.6 Å². The molecule has 8 nitrogen and oxygen atoms in total. The zero-order valence-corrected chi connectivity index (χ0v) is 40.7. The summed E-state index contributed by atoms with van der Waals surface area (Å²) >= 11 is 0. The topological polar surface area (TPSA) is 121 Å². The number of benzene rings is 4. The number of H-pyrrole nitrogens is 2. The van der Waals surface area contributed by atoms with Crippen molar-refractivity contribution >= 4 is 58.8 Å². The summed E-state index contributed by atoms with van der Waals surface area (Å²) in [4.78, 5) is 41.9. The second-order valence-electron chi connectivity index (χ2n) is 18.8. The number of carboxylic acids is 1. The van der Waals surface area contributed by atoms with Gasteiger partial charge in [-0.25, -0.2) is 14.8 Å². The highest BCUT2D eigenvalue weighted by molar-refractivity contribution is 6.00. The number of carbonyl (C=O) groups excluding carboxylic acids is 1. The molecule has 0 amide bonds. The summed E-state index contributed by atoms with van der Waals surface area (Å²) in [5.74, 6) is 0.763. The molecule has 0 fully saturated rings. The number of carbonyl (C=O) groups is 2. The number of carboxylic acid groups (broad SMARTS) is 1. The first-order valence-electron chi connectivity index (χ1n) is 25.2. The number of hydrogen-bond donors (Lipinski definition) is 3. The third kappa shape index (κ3) is 10.4. The van der Waals surface area contributed by atoms with Crippen LogP contribution in [0.1, 0.15) is 123 Å². The molecule has 0 radical (unpaired) electrons. The van der Waals surface area contributed by atoms with E-state index in [2.05, 4.69) is 135 Å². The Balaban J connectivity index is 1.32. The summed E-state index contributed by atoms with van der Waals surface area (Å²) in [5, 5.41) is 9.87. The lowest BCUT2D eigenvalue weighted by atomic mass is 9.91. The maximum absolute atomic E-state index is 12.0. The first-order chi connectivity index (χ1) is 34.3. The monoisotopic (exact) mass is 926 g/mol. The number of ether oxygens (including phenoxy) is 1. The van der Waals surface area contributed by atoms with Crippen LogP contribution < -0.4 is 4.74 Å². The van der Waals surface area contributed by atoms with Gasteiger partial charge in [0.15, 0.2) is 0 Å². The number of nitrogens with one attached hydrogen (secondary N) is 2.